The van der Waals surface area contributed by atoms with Crippen molar-refractivity contribution in [2.24, 2.45) is 29.6 Å². The van der Waals surface area contributed by atoms with Gasteiger partial charge in [-0.15, -0.1) is 11.8 Å². The molecule has 12 heteroatoms. The smallest absolute Gasteiger partial charge is 0.305 e. The van der Waals surface area contributed by atoms with Crippen molar-refractivity contribution in [1.29, 1.82) is 0 Å². The third kappa shape index (κ3) is 4.37. The van der Waals surface area contributed by atoms with E-state index in [0.717, 1.165) is 27.3 Å². The summed E-state index contributed by atoms with van der Waals surface area (Å²) in [5.74, 6) is -2.59. The van der Waals surface area contributed by atoms with Crippen LogP contribution in [0, 0.1) is 52.4 Å². The highest BCUT2D eigenvalue weighted by molar-refractivity contribution is 8.00. The zero-order chi connectivity index (χ0) is 31.1. The first-order valence-corrected chi connectivity index (χ1v) is 16.4. The molecule has 0 radical (unpaired) electrons. The molecule has 7 atom stereocenters. The SMILES string of the molecule is Cc1ccc(COc2ccc([N+](=O)[O-])cc2C2c3sc(=O)[nH]c3SC3C2[C@H]2C[C@@H]3C3C(=O)N(c4ccc(F)cc4)C(=O)C32)cc1. The highest BCUT2D eigenvalue weighted by Gasteiger charge is 2.70. The minimum absolute atomic E-state index is 0.0949. The van der Waals surface area contributed by atoms with Gasteiger partial charge in [-0.05, 0) is 67.0 Å². The van der Waals surface area contributed by atoms with Crippen LogP contribution in [0.25, 0.3) is 0 Å². The summed E-state index contributed by atoms with van der Waals surface area (Å²) in [6.45, 7) is 2.24. The van der Waals surface area contributed by atoms with E-state index in [1.807, 2.05) is 31.2 Å². The van der Waals surface area contributed by atoms with Crippen molar-refractivity contribution in [3.8, 4) is 5.75 Å². The number of halogens is 1. The van der Waals surface area contributed by atoms with Crippen molar-refractivity contribution in [1.82, 2.24) is 4.98 Å². The second kappa shape index (κ2) is 10.4. The number of thiazole rings is 1. The van der Waals surface area contributed by atoms with Gasteiger partial charge in [0.1, 0.15) is 18.2 Å². The van der Waals surface area contributed by atoms with Gasteiger partial charge < -0.3 is 9.72 Å². The van der Waals surface area contributed by atoms with Crippen molar-refractivity contribution < 1.29 is 23.6 Å². The molecule has 8 rings (SSSR count). The molecule has 228 valence electrons. The van der Waals surface area contributed by atoms with E-state index >= 15 is 0 Å². The van der Waals surface area contributed by atoms with Gasteiger partial charge in [0, 0.05) is 33.7 Å². The molecule has 2 bridgehead atoms. The van der Waals surface area contributed by atoms with E-state index in [-0.39, 0.29) is 52.0 Å². The van der Waals surface area contributed by atoms with Gasteiger partial charge in [-0.25, -0.2) is 4.39 Å². The summed E-state index contributed by atoms with van der Waals surface area (Å²) in [5.41, 5.74) is 2.90. The maximum absolute atomic E-state index is 14.0. The van der Waals surface area contributed by atoms with Crippen LogP contribution in [0.2, 0.25) is 0 Å². The molecule has 5 unspecified atom stereocenters. The predicted octanol–water partition coefficient (Wildman–Crippen LogP) is 6.05. The maximum atomic E-state index is 14.0. The lowest BCUT2D eigenvalue weighted by molar-refractivity contribution is -0.385. The number of carbonyl (C=O) groups excluding carboxylic acids is 2. The van der Waals surface area contributed by atoms with Gasteiger partial charge in [-0.1, -0.05) is 41.2 Å². The number of fused-ring (bicyclic) bond motifs is 9. The number of thioether (sulfide) groups is 1. The number of nitrogens with one attached hydrogen (secondary N) is 1. The third-order valence-electron chi connectivity index (χ3n) is 9.86. The van der Waals surface area contributed by atoms with Gasteiger partial charge in [0.15, 0.2) is 0 Å². The molecule has 3 heterocycles. The second-order valence-corrected chi connectivity index (χ2v) is 14.4. The quantitative estimate of drug-likeness (QED) is 0.154. The molecule has 3 fully saturated rings. The largest absolute Gasteiger partial charge is 0.489 e. The Bertz CT molecular complexity index is 1940. The number of nitrogens with zero attached hydrogens (tertiary/aromatic N) is 2. The van der Waals surface area contributed by atoms with Gasteiger partial charge in [-0.3, -0.25) is 29.4 Å². The van der Waals surface area contributed by atoms with E-state index in [1.165, 1.54) is 53.1 Å². The van der Waals surface area contributed by atoms with Crippen LogP contribution in [-0.2, 0) is 16.2 Å². The number of amides is 2. The van der Waals surface area contributed by atoms with Crippen LogP contribution in [-0.4, -0.2) is 27.0 Å². The first-order chi connectivity index (χ1) is 21.7. The summed E-state index contributed by atoms with van der Waals surface area (Å²) < 4.78 is 20.0. The van der Waals surface area contributed by atoms with E-state index < -0.39 is 28.5 Å². The number of ether oxygens (including phenoxy) is 1. The Balaban J connectivity index is 1.22. The molecule has 3 aromatic carbocycles. The molecule has 0 spiro atoms. The number of non-ortho nitro benzene ring substituents is 1. The van der Waals surface area contributed by atoms with Crippen LogP contribution >= 0.6 is 23.1 Å². The summed E-state index contributed by atoms with van der Waals surface area (Å²) in [6, 6.07) is 17.8. The molecule has 4 aliphatic rings. The Hall–Kier alpha value is -4.29. The molecular weight excluding hydrogens is 618 g/mol. The highest BCUT2D eigenvalue weighted by atomic mass is 32.2. The number of hydrogen-bond donors (Lipinski definition) is 1. The van der Waals surface area contributed by atoms with Crippen LogP contribution in [0.15, 0.2) is 76.6 Å². The fraction of sp³-hybridized carbons (Fsp3) is 0.303. The van der Waals surface area contributed by atoms with Crippen molar-refractivity contribution >= 4 is 46.3 Å². The molecule has 1 N–H and O–H groups in total. The number of imide groups is 1. The Morgan fingerprint density at radius 1 is 1.00 bits per heavy atom. The molecule has 2 aliphatic heterocycles. The number of aromatic nitrogens is 1. The number of benzene rings is 3. The highest BCUT2D eigenvalue weighted by Crippen LogP contribution is 2.69. The van der Waals surface area contributed by atoms with Gasteiger partial charge in [-0.2, -0.15) is 0 Å². The predicted molar refractivity (Wildman–Crippen MR) is 166 cm³/mol. The molecule has 4 aromatic rings. The van der Waals surface area contributed by atoms with Crippen LogP contribution in [0.3, 0.4) is 0 Å². The number of hydrogen-bond acceptors (Lipinski definition) is 8. The lowest BCUT2D eigenvalue weighted by atomic mass is 9.68. The van der Waals surface area contributed by atoms with E-state index in [2.05, 4.69) is 4.98 Å². The Morgan fingerprint density at radius 2 is 1.71 bits per heavy atom. The van der Waals surface area contributed by atoms with Crippen molar-refractivity contribution in [3.05, 3.63) is 114 Å². The number of aryl methyl sites for hydroxylation is 1. The zero-order valence-corrected chi connectivity index (χ0v) is 25.5. The fourth-order valence-electron chi connectivity index (χ4n) is 8.08. The first kappa shape index (κ1) is 28.2. The minimum Gasteiger partial charge on any atom is -0.489 e. The lowest BCUT2D eigenvalue weighted by Gasteiger charge is -2.43. The summed E-state index contributed by atoms with van der Waals surface area (Å²) in [7, 11) is 0. The molecule has 2 saturated carbocycles. The molecule has 1 aromatic heterocycles. The third-order valence-corrected chi connectivity index (χ3v) is 12.5. The van der Waals surface area contributed by atoms with Crippen LogP contribution in [0.1, 0.15) is 33.9 Å². The van der Waals surface area contributed by atoms with Gasteiger partial charge in [0.05, 0.1) is 27.5 Å². The summed E-state index contributed by atoms with van der Waals surface area (Å²) in [6.07, 6.45) is 0.663. The Morgan fingerprint density at radius 3 is 2.42 bits per heavy atom. The number of rotatable bonds is 6. The molecule has 45 heavy (non-hydrogen) atoms. The summed E-state index contributed by atoms with van der Waals surface area (Å²) in [5, 5.41) is 12.6. The molecular formula is C33H26FN3O6S2. The number of H-pyrrole nitrogens is 1. The number of aromatic amines is 1. The fourth-order valence-corrected chi connectivity index (χ4v) is 11.0. The zero-order valence-electron chi connectivity index (χ0n) is 23.8. The van der Waals surface area contributed by atoms with Crippen LogP contribution < -0.4 is 14.5 Å². The maximum Gasteiger partial charge on any atom is 0.305 e. The second-order valence-electron chi connectivity index (χ2n) is 12.2. The number of anilines is 1. The first-order valence-electron chi connectivity index (χ1n) is 14.7. The van der Waals surface area contributed by atoms with Crippen LogP contribution in [0.4, 0.5) is 15.8 Å². The summed E-state index contributed by atoms with van der Waals surface area (Å²) in [4.78, 5) is 56.7. The number of carbonyl (C=O) groups is 2. The average molecular weight is 644 g/mol. The summed E-state index contributed by atoms with van der Waals surface area (Å²) >= 11 is 2.62. The van der Waals surface area contributed by atoms with Gasteiger partial charge >= 0.3 is 4.87 Å². The molecule has 9 nitrogen and oxygen atoms in total. The Kier molecular flexibility index (Phi) is 6.51. The van der Waals surface area contributed by atoms with E-state index in [0.29, 0.717) is 28.4 Å². The van der Waals surface area contributed by atoms with Crippen LogP contribution in [0.5, 0.6) is 5.75 Å². The number of nitro groups is 1. The van der Waals surface area contributed by atoms with Crippen molar-refractivity contribution in [2.45, 2.75) is 36.1 Å². The monoisotopic (exact) mass is 643 g/mol. The molecule has 2 aliphatic carbocycles. The normalized spacial score (nSPS) is 27.8. The van der Waals surface area contributed by atoms with Crippen molar-refractivity contribution in [3.63, 3.8) is 0 Å². The topological polar surface area (TPSA) is 123 Å². The molecule has 1 saturated heterocycles. The van der Waals surface area contributed by atoms with Crippen molar-refractivity contribution in [2.75, 3.05) is 4.90 Å². The lowest BCUT2D eigenvalue weighted by Crippen LogP contribution is -2.42. The number of nitro benzene ring substituents is 1. The Labute approximate surface area is 264 Å². The average Bonchev–Trinajstić information content (AvgIpc) is 3.76. The minimum atomic E-state index is -0.565. The van der Waals surface area contributed by atoms with E-state index in [9.17, 15) is 28.9 Å². The molecule has 2 amide bonds. The van der Waals surface area contributed by atoms with E-state index in [1.54, 1.807) is 6.07 Å². The standard InChI is InChI=1S/C33H26FN3O6S2/c1-15-2-4-16(5-3-15)14-43-23-11-10-19(37(41)42)12-20(23)24-25-21-13-22(28(25)44-30-29(24)45-33(40)35-30)27-26(21)31(38)36(32(27)39)18-8-6-17(34)7-9-18/h2-12,21-22,24-28H,13-14H2,1H3,(H,35,40)/t21-,22-,24?,25?,26?,27?,28?/m1/s1. The van der Waals surface area contributed by atoms with E-state index in [4.69, 9.17) is 4.74 Å². The van der Waals surface area contributed by atoms with Gasteiger partial charge in [0.2, 0.25) is 11.8 Å². The van der Waals surface area contributed by atoms with Gasteiger partial charge in [0.25, 0.3) is 5.69 Å².